The number of para-hydroxylation sites is 1. The van der Waals surface area contributed by atoms with Crippen LogP contribution in [-0.4, -0.2) is 55.4 Å². The minimum atomic E-state index is -0.648. The molecule has 1 amide bonds. The monoisotopic (exact) mass is 336 g/mol. The van der Waals surface area contributed by atoms with Gasteiger partial charge in [-0.2, -0.15) is 11.8 Å². The van der Waals surface area contributed by atoms with Gasteiger partial charge in [-0.25, -0.2) is 9.59 Å². The van der Waals surface area contributed by atoms with Crippen molar-refractivity contribution in [1.82, 2.24) is 4.90 Å². The first-order chi connectivity index (χ1) is 11.1. The number of rotatable bonds is 3. The number of carbonyl (C=O) groups excluding carboxylic acids is 2. The van der Waals surface area contributed by atoms with Gasteiger partial charge in [0.1, 0.15) is 12.2 Å². The lowest BCUT2D eigenvalue weighted by Gasteiger charge is -2.31. The van der Waals surface area contributed by atoms with Gasteiger partial charge < -0.3 is 14.8 Å². The maximum Gasteiger partial charge on any atom is 0.411 e. The summed E-state index contributed by atoms with van der Waals surface area (Å²) < 4.78 is 9.83. The molecule has 1 saturated heterocycles. The van der Waals surface area contributed by atoms with Crippen molar-refractivity contribution in [3.63, 3.8) is 0 Å². The molecule has 0 aliphatic carbocycles. The highest BCUT2D eigenvalue weighted by Crippen LogP contribution is 2.52. The van der Waals surface area contributed by atoms with Crippen LogP contribution in [0, 0.1) is 0 Å². The van der Waals surface area contributed by atoms with E-state index in [2.05, 4.69) is 11.4 Å². The molecular formula is C16H20N2O4S. The number of thioether (sulfide) groups is 1. The van der Waals surface area contributed by atoms with Gasteiger partial charge in [0.2, 0.25) is 0 Å². The Balaban J connectivity index is 2.10. The van der Waals surface area contributed by atoms with Crippen LogP contribution in [0.5, 0.6) is 0 Å². The molecular weight excluding hydrogens is 316 g/mol. The first kappa shape index (κ1) is 16.0. The smallest absolute Gasteiger partial charge is 0.411 e. The van der Waals surface area contributed by atoms with Gasteiger partial charge in [-0.15, -0.1) is 0 Å². The number of ether oxygens (including phenoxy) is 2. The van der Waals surface area contributed by atoms with Crippen LogP contribution >= 0.6 is 11.8 Å². The van der Waals surface area contributed by atoms with Gasteiger partial charge in [0, 0.05) is 16.9 Å². The van der Waals surface area contributed by atoms with E-state index >= 15 is 0 Å². The van der Waals surface area contributed by atoms with Crippen molar-refractivity contribution in [1.29, 1.82) is 0 Å². The number of nitrogens with one attached hydrogen (secondary N) is 1. The van der Waals surface area contributed by atoms with Gasteiger partial charge in [-0.05, 0) is 24.3 Å². The van der Waals surface area contributed by atoms with Crippen molar-refractivity contribution in [3.05, 3.63) is 29.8 Å². The molecule has 23 heavy (non-hydrogen) atoms. The third kappa shape index (κ3) is 2.25. The van der Waals surface area contributed by atoms with E-state index in [1.807, 2.05) is 24.5 Å². The van der Waals surface area contributed by atoms with Gasteiger partial charge in [0.05, 0.1) is 14.2 Å². The van der Waals surface area contributed by atoms with Gasteiger partial charge in [-0.1, -0.05) is 18.2 Å². The number of nitrogens with zero attached hydrogens (tertiary/aromatic N) is 1. The highest BCUT2D eigenvalue weighted by atomic mass is 32.2. The van der Waals surface area contributed by atoms with Crippen LogP contribution in [0.2, 0.25) is 0 Å². The molecule has 3 rings (SSSR count). The second kappa shape index (κ2) is 5.96. The van der Waals surface area contributed by atoms with E-state index in [0.717, 1.165) is 17.0 Å². The summed E-state index contributed by atoms with van der Waals surface area (Å²) in [5, 5.41) is 3.40. The van der Waals surface area contributed by atoms with Crippen molar-refractivity contribution in [2.45, 2.75) is 24.0 Å². The van der Waals surface area contributed by atoms with E-state index < -0.39 is 18.1 Å². The van der Waals surface area contributed by atoms with Crippen LogP contribution in [0.3, 0.4) is 0 Å². The number of hydrogen-bond donors (Lipinski definition) is 1. The zero-order valence-corrected chi connectivity index (χ0v) is 14.2. The topological polar surface area (TPSA) is 67.9 Å². The molecule has 1 fully saturated rings. The van der Waals surface area contributed by atoms with Crippen molar-refractivity contribution >= 4 is 29.5 Å². The summed E-state index contributed by atoms with van der Waals surface area (Å²) in [5.74, 6) is 0.382. The third-order valence-corrected chi connectivity index (χ3v) is 5.52. The fourth-order valence-electron chi connectivity index (χ4n) is 3.80. The van der Waals surface area contributed by atoms with Gasteiger partial charge in [0.15, 0.2) is 0 Å². The summed E-state index contributed by atoms with van der Waals surface area (Å²) in [6.45, 7) is 0. The zero-order chi connectivity index (χ0) is 16.6. The number of fused-ring (bicyclic) bond motifs is 3. The van der Waals surface area contributed by atoms with Crippen molar-refractivity contribution < 1.29 is 19.1 Å². The molecule has 0 spiro atoms. The molecule has 0 bridgehead atoms. The molecule has 2 aliphatic heterocycles. The largest absolute Gasteiger partial charge is 0.467 e. The SMILES string of the molecule is COC(=O)[C@@H]1C[C@]2(CSC)c3ccccc3NC2N1C(=O)OC. The Morgan fingerprint density at radius 3 is 2.74 bits per heavy atom. The number of anilines is 1. The molecule has 3 atom stereocenters. The summed E-state index contributed by atoms with van der Waals surface area (Å²) in [4.78, 5) is 26.1. The Morgan fingerprint density at radius 2 is 2.09 bits per heavy atom. The van der Waals surface area contributed by atoms with Gasteiger partial charge >= 0.3 is 12.1 Å². The quantitative estimate of drug-likeness (QED) is 0.852. The molecule has 2 aliphatic rings. The number of carbonyl (C=O) groups is 2. The minimum Gasteiger partial charge on any atom is -0.467 e. The zero-order valence-electron chi connectivity index (χ0n) is 13.4. The molecule has 0 radical (unpaired) electrons. The van der Waals surface area contributed by atoms with Crippen molar-refractivity contribution in [2.75, 3.05) is 31.5 Å². The number of likely N-dealkylation sites (tertiary alicyclic amines) is 1. The van der Waals surface area contributed by atoms with Crippen molar-refractivity contribution in [3.8, 4) is 0 Å². The Morgan fingerprint density at radius 1 is 1.35 bits per heavy atom. The normalized spacial score (nSPS) is 27.9. The van der Waals surface area contributed by atoms with Gasteiger partial charge in [0.25, 0.3) is 0 Å². The van der Waals surface area contributed by atoms with E-state index in [-0.39, 0.29) is 11.6 Å². The summed E-state index contributed by atoms with van der Waals surface area (Å²) in [6, 6.07) is 7.36. The highest BCUT2D eigenvalue weighted by Gasteiger charge is 2.61. The van der Waals surface area contributed by atoms with E-state index in [9.17, 15) is 9.59 Å². The highest BCUT2D eigenvalue weighted by molar-refractivity contribution is 7.98. The molecule has 1 aromatic carbocycles. The average Bonchev–Trinajstić information content (AvgIpc) is 3.04. The second-order valence-corrected chi connectivity index (χ2v) is 6.67. The number of methoxy groups -OCH3 is 2. The Bertz CT molecular complexity index is 638. The Labute approximate surface area is 139 Å². The lowest BCUT2D eigenvalue weighted by molar-refractivity contribution is -0.145. The van der Waals surface area contributed by atoms with E-state index in [1.54, 1.807) is 11.8 Å². The number of hydrogen-bond acceptors (Lipinski definition) is 6. The molecule has 1 aromatic rings. The third-order valence-electron chi connectivity index (χ3n) is 4.71. The van der Waals surface area contributed by atoms with E-state index in [1.165, 1.54) is 19.1 Å². The molecule has 0 aromatic heterocycles. The Kier molecular flexibility index (Phi) is 4.14. The fraction of sp³-hybridized carbons (Fsp3) is 0.500. The lowest BCUT2D eigenvalue weighted by Crippen LogP contribution is -2.50. The standard InChI is InChI=1S/C16H20N2O4S/c1-21-13(19)12-8-16(9-23-3)10-6-4-5-7-11(10)17-14(16)18(12)15(20)22-2/h4-7,12,14,17H,8-9H2,1-3H3/t12-,14?,16-/m0/s1. The maximum atomic E-state index is 12.3. The van der Waals surface area contributed by atoms with Crippen LogP contribution < -0.4 is 5.32 Å². The van der Waals surface area contributed by atoms with Crippen LogP contribution in [0.15, 0.2) is 24.3 Å². The van der Waals surface area contributed by atoms with E-state index in [0.29, 0.717) is 6.42 Å². The van der Waals surface area contributed by atoms with Crippen LogP contribution in [0.1, 0.15) is 12.0 Å². The summed E-state index contributed by atoms with van der Waals surface area (Å²) in [5.41, 5.74) is 1.81. The first-order valence-corrected chi connectivity index (χ1v) is 8.77. The number of benzene rings is 1. The molecule has 1 N–H and O–H groups in total. The Hall–Kier alpha value is -1.89. The van der Waals surface area contributed by atoms with Gasteiger partial charge in [-0.3, -0.25) is 4.90 Å². The summed E-state index contributed by atoms with van der Waals surface area (Å²) in [7, 11) is 2.67. The van der Waals surface area contributed by atoms with Crippen LogP contribution in [-0.2, 0) is 19.7 Å². The maximum absolute atomic E-state index is 12.3. The molecule has 2 heterocycles. The molecule has 6 nitrogen and oxygen atoms in total. The fourth-order valence-corrected chi connectivity index (χ4v) is 4.75. The van der Waals surface area contributed by atoms with Crippen LogP contribution in [0.4, 0.5) is 10.5 Å². The first-order valence-electron chi connectivity index (χ1n) is 7.38. The molecule has 1 unspecified atom stereocenters. The van der Waals surface area contributed by atoms with Crippen LogP contribution in [0.25, 0.3) is 0 Å². The predicted octanol–water partition coefficient (Wildman–Crippen LogP) is 2.05. The molecule has 0 saturated carbocycles. The average molecular weight is 336 g/mol. The second-order valence-electron chi connectivity index (χ2n) is 5.80. The van der Waals surface area contributed by atoms with E-state index in [4.69, 9.17) is 9.47 Å². The summed E-state index contributed by atoms with van der Waals surface area (Å²) >= 11 is 1.70. The number of esters is 1. The predicted molar refractivity (Wildman–Crippen MR) is 88.6 cm³/mol. The number of amides is 1. The minimum absolute atomic E-state index is 0.316. The summed E-state index contributed by atoms with van der Waals surface area (Å²) in [6.07, 6.45) is 1.71. The van der Waals surface area contributed by atoms with Crippen molar-refractivity contribution in [2.24, 2.45) is 0 Å². The molecule has 124 valence electrons. The lowest BCUT2D eigenvalue weighted by atomic mass is 9.80. The molecule has 7 heteroatoms.